The van der Waals surface area contributed by atoms with Gasteiger partial charge < -0.3 is 4.57 Å². The Morgan fingerprint density at radius 1 is 1.13 bits per heavy atom. The van der Waals surface area contributed by atoms with Gasteiger partial charge in [-0.2, -0.15) is 0 Å². The molecule has 1 heterocycles. The number of β-lactam (4-membered cyclic amide) rings is 1. The molecule has 1 saturated heterocycles. The summed E-state index contributed by atoms with van der Waals surface area (Å²) in [4.78, 5) is 13.2. The molecule has 0 aromatic heterocycles. The summed E-state index contributed by atoms with van der Waals surface area (Å²) in [5, 5.41) is 0.173. The molecular formula is C20H29NOSi. The molecule has 0 radical (unpaired) electrons. The van der Waals surface area contributed by atoms with Gasteiger partial charge in [-0.25, -0.2) is 0 Å². The van der Waals surface area contributed by atoms with Crippen molar-refractivity contribution in [2.45, 2.75) is 57.8 Å². The molecule has 2 aliphatic rings. The van der Waals surface area contributed by atoms with Crippen LogP contribution in [0.5, 0.6) is 0 Å². The molecule has 3 heteroatoms. The van der Waals surface area contributed by atoms with Crippen molar-refractivity contribution in [3.8, 4) is 0 Å². The molecule has 0 bridgehead atoms. The summed E-state index contributed by atoms with van der Waals surface area (Å²) in [7, 11) is -1.86. The predicted molar refractivity (Wildman–Crippen MR) is 98.6 cm³/mol. The number of carbonyl (C=O) groups excluding carboxylic acids is 1. The van der Waals surface area contributed by atoms with Crippen molar-refractivity contribution >= 4 is 14.1 Å². The van der Waals surface area contributed by atoms with Gasteiger partial charge in [0.15, 0.2) is 8.24 Å². The first-order valence-electron chi connectivity index (χ1n) is 8.80. The maximum atomic E-state index is 13.2. The number of rotatable bonds is 3. The van der Waals surface area contributed by atoms with Crippen LogP contribution in [0.3, 0.4) is 0 Å². The fourth-order valence-electron chi connectivity index (χ4n) is 3.87. The second kappa shape index (κ2) is 5.62. The third kappa shape index (κ3) is 2.59. The standard InChI is InChI=1S/C20H29NOSi/c1-20(2,3)23(4,5)21-18(16-13-7-6-8-14-16)17(19(21)22)15-11-9-10-12-15/h6-9,11,13-15,17-18H,10,12H2,1-5H3/t15?,17-,18+/m0/s1. The van der Waals surface area contributed by atoms with Crippen LogP contribution in [0, 0.1) is 11.8 Å². The summed E-state index contributed by atoms with van der Waals surface area (Å²) in [5.74, 6) is 0.959. The van der Waals surface area contributed by atoms with E-state index in [4.69, 9.17) is 0 Å². The van der Waals surface area contributed by atoms with E-state index in [1.807, 2.05) is 0 Å². The van der Waals surface area contributed by atoms with Crippen molar-refractivity contribution in [3.63, 3.8) is 0 Å². The normalized spacial score (nSPS) is 28.1. The molecule has 0 saturated carbocycles. The van der Waals surface area contributed by atoms with Crippen molar-refractivity contribution in [1.29, 1.82) is 0 Å². The number of amides is 1. The molecule has 1 amide bonds. The zero-order chi connectivity index (χ0) is 16.8. The minimum atomic E-state index is -1.86. The van der Waals surface area contributed by atoms with Crippen molar-refractivity contribution in [1.82, 2.24) is 4.57 Å². The van der Waals surface area contributed by atoms with Crippen LogP contribution in [0.2, 0.25) is 18.1 Å². The van der Waals surface area contributed by atoms with E-state index in [-0.39, 0.29) is 17.0 Å². The Balaban J connectivity index is 1.99. The minimum absolute atomic E-state index is 0.144. The zero-order valence-electron chi connectivity index (χ0n) is 15.0. The van der Waals surface area contributed by atoms with E-state index in [1.165, 1.54) is 5.56 Å². The van der Waals surface area contributed by atoms with Crippen molar-refractivity contribution in [2.75, 3.05) is 0 Å². The van der Waals surface area contributed by atoms with Crippen LogP contribution in [-0.2, 0) is 4.79 Å². The molecule has 1 unspecified atom stereocenters. The smallest absolute Gasteiger partial charge is 0.221 e. The van der Waals surface area contributed by atoms with Crippen LogP contribution in [0.1, 0.15) is 45.2 Å². The summed E-state index contributed by atoms with van der Waals surface area (Å²) in [5.41, 5.74) is 1.31. The molecule has 1 aliphatic heterocycles. The first-order chi connectivity index (χ1) is 10.7. The Hall–Kier alpha value is -1.35. The van der Waals surface area contributed by atoms with Gasteiger partial charge in [-0.05, 0) is 29.4 Å². The highest BCUT2D eigenvalue weighted by atomic mass is 28.3. The second-order valence-electron chi connectivity index (χ2n) is 8.57. The van der Waals surface area contributed by atoms with Gasteiger partial charge in [0, 0.05) is 0 Å². The molecule has 2 nitrogen and oxygen atoms in total. The largest absolute Gasteiger partial charge is 0.361 e. The highest BCUT2D eigenvalue weighted by Crippen LogP contribution is 2.53. The number of nitrogens with zero attached hydrogens (tertiary/aromatic N) is 1. The van der Waals surface area contributed by atoms with Gasteiger partial charge in [0.1, 0.15) is 0 Å². The van der Waals surface area contributed by atoms with Gasteiger partial charge in [0.25, 0.3) is 0 Å². The Kier molecular flexibility index (Phi) is 4.03. The number of carbonyl (C=O) groups is 1. The van der Waals surface area contributed by atoms with Crippen LogP contribution < -0.4 is 0 Å². The third-order valence-electron chi connectivity index (χ3n) is 6.23. The fourth-order valence-corrected chi connectivity index (χ4v) is 6.30. The molecule has 124 valence electrons. The van der Waals surface area contributed by atoms with E-state index in [0.29, 0.717) is 11.8 Å². The maximum absolute atomic E-state index is 13.2. The maximum Gasteiger partial charge on any atom is 0.221 e. The van der Waals surface area contributed by atoms with E-state index in [9.17, 15) is 4.79 Å². The first kappa shape index (κ1) is 16.5. The summed E-state index contributed by atoms with van der Waals surface area (Å²) >= 11 is 0. The molecule has 1 aromatic carbocycles. The molecule has 0 N–H and O–H groups in total. The van der Waals surface area contributed by atoms with Crippen LogP contribution in [0.25, 0.3) is 0 Å². The second-order valence-corrected chi connectivity index (χ2v) is 13.7. The van der Waals surface area contributed by atoms with Crippen LogP contribution in [-0.4, -0.2) is 18.7 Å². The quantitative estimate of drug-likeness (QED) is 0.427. The molecule has 0 spiro atoms. The lowest BCUT2D eigenvalue weighted by Gasteiger charge is -2.59. The van der Waals surface area contributed by atoms with E-state index in [0.717, 1.165) is 12.8 Å². The Morgan fingerprint density at radius 2 is 1.78 bits per heavy atom. The van der Waals surface area contributed by atoms with E-state index in [2.05, 4.69) is 80.9 Å². The number of hydrogen-bond acceptors (Lipinski definition) is 1. The topological polar surface area (TPSA) is 20.3 Å². The molecule has 3 rings (SSSR count). The highest BCUT2D eigenvalue weighted by Gasteiger charge is 2.59. The van der Waals surface area contributed by atoms with E-state index < -0.39 is 8.24 Å². The molecule has 1 fully saturated rings. The Labute approximate surface area is 141 Å². The summed E-state index contributed by atoms with van der Waals surface area (Å²) in [6.45, 7) is 11.6. The van der Waals surface area contributed by atoms with Crippen molar-refractivity contribution in [3.05, 3.63) is 48.0 Å². The van der Waals surface area contributed by atoms with Crippen LogP contribution >= 0.6 is 0 Å². The number of hydrogen-bond donors (Lipinski definition) is 0. The SMILES string of the molecule is CC(C)(C)[Si](C)(C)N1C(=O)[C@@H](C2C=CCC2)[C@H]1c1ccccc1. The summed E-state index contributed by atoms with van der Waals surface area (Å²) < 4.78 is 2.29. The summed E-state index contributed by atoms with van der Waals surface area (Å²) in [6, 6.07) is 10.9. The molecule has 3 atom stereocenters. The van der Waals surface area contributed by atoms with Gasteiger partial charge in [0.05, 0.1) is 12.0 Å². The Bertz CT molecular complexity index is 614. The van der Waals surface area contributed by atoms with Gasteiger partial charge in [0.2, 0.25) is 5.91 Å². The molecule has 1 aliphatic carbocycles. The lowest BCUT2D eigenvalue weighted by Crippen LogP contribution is -2.69. The third-order valence-corrected chi connectivity index (χ3v) is 11.6. The highest BCUT2D eigenvalue weighted by molar-refractivity contribution is 6.80. The zero-order valence-corrected chi connectivity index (χ0v) is 16.0. The number of allylic oxidation sites excluding steroid dienone is 2. The van der Waals surface area contributed by atoms with Crippen LogP contribution in [0.4, 0.5) is 0 Å². The Morgan fingerprint density at radius 3 is 2.30 bits per heavy atom. The molecular weight excluding hydrogens is 298 g/mol. The molecule has 23 heavy (non-hydrogen) atoms. The molecule has 1 aromatic rings. The average Bonchev–Trinajstić information content (AvgIpc) is 2.97. The minimum Gasteiger partial charge on any atom is -0.361 e. The fraction of sp³-hybridized carbons (Fsp3) is 0.550. The number of benzene rings is 1. The van der Waals surface area contributed by atoms with Crippen molar-refractivity contribution in [2.24, 2.45) is 11.8 Å². The van der Waals surface area contributed by atoms with Crippen molar-refractivity contribution < 1.29 is 4.79 Å². The van der Waals surface area contributed by atoms with E-state index in [1.54, 1.807) is 0 Å². The summed E-state index contributed by atoms with van der Waals surface area (Å²) in [6.07, 6.45) is 6.78. The van der Waals surface area contributed by atoms with Crippen LogP contribution in [0.15, 0.2) is 42.5 Å². The van der Waals surface area contributed by atoms with Gasteiger partial charge in [-0.15, -0.1) is 0 Å². The van der Waals surface area contributed by atoms with Gasteiger partial charge in [-0.1, -0.05) is 76.3 Å². The van der Waals surface area contributed by atoms with Gasteiger partial charge >= 0.3 is 0 Å². The first-order valence-corrected chi connectivity index (χ1v) is 11.7. The predicted octanol–water partition coefficient (Wildman–Crippen LogP) is 5.16. The monoisotopic (exact) mass is 327 g/mol. The average molecular weight is 328 g/mol. The lowest BCUT2D eigenvalue weighted by atomic mass is 9.76. The van der Waals surface area contributed by atoms with E-state index >= 15 is 0 Å². The van der Waals surface area contributed by atoms with Gasteiger partial charge in [-0.3, -0.25) is 4.79 Å². The lowest BCUT2D eigenvalue weighted by molar-refractivity contribution is -0.151.